The van der Waals surface area contributed by atoms with Crippen LogP contribution in [0, 0.1) is 11.3 Å². The van der Waals surface area contributed by atoms with Gasteiger partial charge in [0.2, 0.25) is 10.0 Å². The van der Waals surface area contributed by atoms with Crippen LogP contribution in [0.2, 0.25) is 0 Å². The van der Waals surface area contributed by atoms with Gasteiger partial charge in [-0.1, -0.05) is 0 Å². The highest BCUT2D eigenvalue weighted by atomic mass is 32.2. The Balaban J connectivity index is 1.43. The largest absolute Gasteiger partial charge is 0.346 e. The zero-order chi connectivity index (χ0) is 21.4. The summed E-state index contributed by atoms with van der Waals surface area (Å²) in [7, 11) is -3.20. The molecule has 5 rings (SSSR count). The first-order valence-electron chi connectivity index (χ1n) is 11.0. The Hall–Kier alpha value is -2.48. The zero-order valence-corrected chi connectivity index (χ0v) is 18.2. The van der Waals surface area contributed by atoms with Gasteiger partial charge in [0.25, 0.3) is 0 Å². The maximum atomic E-state index is 12.2. The number of hydrogen-bond donors (Lipinski definition) is 2. The van der Waals surface area contributed by atoms with Crippen LogP contribution in [0.15, 0.2) is 18.5 Å². The van der Waals surface area contributed by atoms with E-state index in [1.54, 1.807) is 6.20 Å². The number of nitrogens with zero attached hydrogens (tertiary/aromatic N) is 5. The van der Waals surface area contributed by atoms with Gasteiger partial charge in [0.05, 0.1) is 23.0 Å². The van der Waals surface area contributed by atoms with Crippen molar-refractivity contribution in [2.45, 2.75) is 49.8 Å². The molecule has 3 aromatic rings. The molecule has 0 radical (unpaired) electrons. The fraction of sp³-hybridized carbons (Fsp3) is 0.571. The standard InChI is InChI=1S/C21H27N7O2S/c22-8-1-11-27-12-6-15(7-13-27)28-19(5-10-25-31(29,30)16-2-3-16)26-18-14-24-21-17(20(18)28)4-9-23-21/h4,9,14-16,25H,1-3,5-7,10-13H2,(H,23,24). The van der Waals surface area contributed by atoms with E-state index in [9.17, 15) is 8.42 Å². The summed E-state index contributed by atoms with van der Waals surface area (Å²) in [6.07, 6.45) is 8.26. The molecule has 0 aromatic carbocycles. The van der Waals surface area contributed by atoms with Gasteiger partial charge in [0.15, 0.2) is 0 Å². The minimum atomic E-state index is -3.20. The van der Waals surface area contributed by atoms with Crippen molar-refractivity contribution in [3.05, 3.63) is 24.3 Å². The van der Waals surface area contributed by atoms with Gasteiger partial charge >= 0.3 is 0 Å². The minimum Gasteiger partial charge on any atom is -0.346 e. The average Bonchev–Trinajstić information content (AvgIpc) is 3.42. The molecule has 4 heterocycles. The number of pyridine rings is 1. The number of sulfonamides is 1. The Bertz CT molecular complexity index is 1230. The average molecular weight is 442 g/mol. The van der Waals surface area contributed by atoms with Crippen LogP contribution in [0.1, 0.15) is 44.0 Å². The van der Waals surface area contributed by atoms with E-state index in [1.165, 1.54) is 0 Å². The van der Waals surface area contributed by atoms with Crippen molar-refractivity contribution in [1.29, 1.82) is 5.26 Å². The highest BCUT2D eigenvalue weighted by molar-refractivity contribution is 7.90. The van der Waals surface area contributed by atoms with E-state index in [0.29, 0.717) is 25.4 Å². The molecule has 0 spiro atoms. The van der Waals surface area contributed by atoms with Crippen molar-refractivity contribution < 1.29 is 8.42 Å². The number of fused-ring (bicyclic) bond motifs is 3. The van der Waals surface area contributed by atoms with Gasteiger partial charge in [-0.05, 0) is 31.7 Å². The number of nitrogens with one attached hydrogen (secondary N) is 2. The molecular weight excluding hydrogens is 414 g/mol. The van der Waals surface area contributed by atoms with Gasteiger partial charge < -0.3 is 14.5 Å². The summed E-state index contributed by atoms with van der Waals surface area (Å²) in [6.45, 7) is 3.06. The van der Waals surface area contributed by atoms with Crippen LogP contribution in [0.4, 0.5) is 0 Å². The second-order valence-corrected chi connectivity index (χ2v) is 10.5. The topological polar surface area (TPSA) is 120 Å². The van der Waals surface area contributed by atoms with Crippen molar-refractivity contribution in [2.75, 3.05) is 26.2 Å². The second-order valence-electron chi connectivity index (χ2n) is 8.50. The lowest BCUT2D eigenvalue weighted by Gasteiger charge is -2.33. The second kappa shape index (κ2) is 8.22. The first-order valence-corrected chi connectivity index (χ1v) is 12.5. The SMILES string of the molecule is N#CCCN1CCC(n2c(CCNS(=O)(=O)C3CC3)nc3cnc4[nH]ccc4c32)CC1. The minimum absolute atomic E-state index is 0.215. The van der Waals surface area contributed by atoms with Crippen molar-refractivity contribution in [3.63, 3.8) is 0 Å². The van der Waals surface area contributed by atoms with Crippen molar-refractivity contribution in [3.8, 4) is 6.07 Å². The van der Waals surface area contributed by atoms with Crippen LogP contribution in [0.25, 0.3) is 22.1 Å². The Morgan fingerprint density at radius 3 is 2.81 bits per heavy atom. The molecule has 2 N–H and O–H groups in total. The summed E-state index contributed by atoms with van der Waals surface area (Å²) >= 11 is 0. The predicted octanol–water partition coefficient (Wildman–Crippen LogP) is 2.09. The van der Waals surface area contributed by atoms with Crippen molar-refractivity contribution in [1.82, 2.24) is 29.1 Å². The molecular formula is C21H27N7O2S. The highest BCUT2D eigenvalue weighted by Gasteiger charge is 2.35. The normalized spacial score (nSPS) is 18.7. The van der Waals surface area contributed by atoms with Crippen LogP contribution in [0.3, 0.4) is 0 Å². The number of aromatic amines is 1. The maximum absolute atomic E-state index is 12.2. The fourth-order valence-electron chi connectivity index (χ4n) is 4.62. The molecule has 2 fully saturated rings. The van der Waals surface area contributed by atoms with Crippen LogP contribution in [0.5, 0.6) is 0 Å². The molecule has 0 unspecified atom stereocenters. The Kier molecular flexibility index (Phi) is 5.42. The molecule has 0 bridgehead atoms. The number of H-pyrrole nitrogens is 1. The molecule has 1 saturated carbocycles. The fourth-order valence-corrected chi connectivity index (χ4v) is 6.00. The van der Waals surface area contributed by atoms with Crippen LogP contribution < -0.4 is 4.72 Å². The Morgan fingerprint density at radius 1 is 1.26 bits per heavy atom. The molecule has 0 atom stereocenters. The van der Waals surface area contributed by atoms with E-state index in [1.807, 2.05) is 12.3 Å². The number of likely N-dealkylation sites (tertiary alicyclic amines) is 1. The van der Waals surface area contributed by atoms with E-state index in [0.717, 1.165) is 73.2 Å². The van der Waals surface area contributed by atoms with Gasteiger partial charge in [-0.2, -0.15) is 5.26 Å². The molecule has 1 aliphatic heterocycles. The molecule has 0 amide bonds. The van der Waals surface area contributed by atoms with Crippen molar-refractivity contribution >= 4 is 32.1 Å². The number of aromatic nitrogens is 4. The summed E-state index contributed by atoms with van der Waals surface area (Å²) in [5, 5.41) is 9.69. The quantitative estimate of drug-likeness (QED) is 0.552. The van der Waals surface area contributed by atoms with Crippen LogP contribution >= 0.6 is 0 Å². The molecule has 164 valence electrons. The lowest BCUT2D eigenvalue weighted by molar-refractivity contribution is 0.190. The third kappa shape index (κ3) is 4.05. The van der Waals surface area contributed by atoms with E-state index in [4.69, 9.17) is 10.2 Å². The molecule has 9 nitrogen and oxygen atoms in total. The van der Waals surface area contributed by atoms with E-state index < -0.39 is 10.0 Å². The number of rotatable bonds is 8. The van der Waals surface area contributed by atoms with Gasteiger partial charge in [0, 0.05) is 56.6 Å². The van der Waals surface area contributed by atoms with E-state index in [-0.39, 0.29) is 5.25 Å². The third-order valence-corrected chi connectivity index (χ3v) is 8.34. The van der Waals surface area contributed by atoms with Gasteiger partial charge in [0.1, 0.15) is 17.0 Å². The first kappa shape index (κ1) is 20.4. The first-order chi connectivity index (χ1) is 15.1. The Labute approximate surface area is 181 Å². The monoisotopic (exact) mass is 441 g/mol. The summed E-state index contributed by atoms with van der Waals surface area (Å²) in [4.78, 5) is 14.9. The van der Waals surface area contributed by atoms with Gasteiger partial charge in [-0.25, -0.2) is 23.1 Å². The summed E-state index contributed by atoms with van der Waals surface area (Å²) in [5.41, 5.74) is 2.75. The molecule has 3 aromatic heterocycles. The van der Waals surface area contributed by atoms with Gasteiger partial charge in [-0.3, -0.25) is 0 Å². The maximum Gasteiger partial charge on any atom is 0.214 e. The van der Waals surface area contributed by atoms with Crippen LogP contribution in [-0.4, -0.2) is 64.3 Å². The number of piperidine rings is 1. The highest BCUT2D eigenvalue weighted by Crippen LogP contribution is 2.32. The summed E-state index contributed by atoms with van der Waals surface area (Å²) in [6, 6.07) is 4.55. The number of nitriles is 1. The zero-order valence-electron chi connectivity index (χ0n) is 17.4. The third-order valence-electron chi connectivity index (χ3n) is 6.38. The number of imidazole rings is 1. The van der Waals surface area contributed by atoms with Gasteiger partial charge in [-0.15, -0.1) is 0 Å². The predicted molar refractivity (Wildman–Crippen MR) is 118 cm³/mol. The van der Waals surface area contributed by atoms with Crippen LogP contribution in [-0.2, 0) is 16.4 Å². The van der Waals surface area contributed by atoms with Crippen molar-refractivity contribution in [2.24, 2.45) is 0 Å². The molecule has 10 heteroatoms. The van der Waals surface area contributed by atoms with E-state index >= 15 is 0 Å². The molecule has 1 aliphatic carbocycles. The number of hydrogen-bond acceptors (Lipinski definition) is 6. The lowest BCUT2D eigenvalue weighted by Crippen LogP contribution is -2.36. The summed E-state index contributed by atoms with van der Waals surface area (Å²) < 4.78 is 29.5. The molecule has 2 aliphatic rings. The summed E-state index contributed by atoms with van der Waals surface area (Å²) in [5.74, 6) is 0.902. The molecule has 1 saturated heterocycles. The smallest absolute Gasteiger partial charge is 0.214 e. The Morgan fingerprint density at radius 2 is 2.06 bits per heavy atom. The van der Waals surface area contributed by atoms with E-state index in [2.05, 4.69) is 30.2 Å². The molecule has 31 heavy (non-hydrogen) atoms. The lowest BCUT2D eigenvalue weighted by atomic mass is 10.0.